The molecule has 0 aliphatic carbocycles. The topological polar surface area (TPSA) is 41.1 Å². The molecule has 4 heteroatoms. The summed E-state index contributed by atoms with van der Waals surface area (Å²) >= 11 is 0. The van der Waals surface area contributed by atoms with Crippen LogP contribution in [0.2, 0.25) is 0 Å². The van der Waals surface area contributed by atoms with Gasteiger partial charge < -0.3 is 4.74 Å². The molecular formula is C12H21N3O. The van der Waals surface area contributed by atoms with Gasteiger partial charge in [-0.1, -0.05) is 6.92 Å². The number of rotatable bonds is 3. The molecule has 2 rings (SSSR count). The van der Waals surface area contributed by atoms with Crippen LogP contribution in [0.25, 0.3) is 0 Å². The highest BCUT2D eigenvalue weighted by Gasteiger charge is 2.27. The van der Waals surface area contributed by atoms with Crippen molar-refractivity contribution in [2.75, 3.05) is 26.3 Å². The third kappa shape index (κ3) is 2.13. The Balaban J connectivity index is 2.22. The number of aromatic amines is 1. The van der Waals surface area contributed by atoms with Crippen molar-refractivity contribution in [1.82, 2.24) is 15.1 Å². The molecule has 1 aromatic rings. The number of aromatic nitrogens is 2. The van der Waals surface area contributed by atoms with Crippen LogP contribution in [0.15, 0.2) is 0 Å². The Labute approximate surface area is 97.0 Å². The third-order valence-electron chi connectivity index (χ3n) is 3.27. The lowest BCUT2D eigenvalue weighted by atomic mass is 10.0. The van der Waals surface area contributed by atoms with E-state index >= 15 is 0 Å². The smallest absolute Gasteiger partial charge is 0.0665 e. The van der Waals surface area contributed by atoms with Crippen LogP contribution in [0.1, 0.15) is 36.3 Å². The summed E-state index contributed by atoms with van der Waals surface area (Å²) in [5, 5.41) is 7.34. The molecule has 90 valence electrons. The SMILES string of the molecule is CCCN1CCOC[C@H]1c1c(C)n[nH]c1C. The maximum absolute atomic E-state index is 5.61. The molecule has 1 aliphatic heterocycles. The van der Waals surface area contributed by atoms with Crippen LogP contribution < -0.4 is 0 Å². The fraction of sp³-hybridized carbons (Fsp3) is 0.750. The summed E-state index contributed by atoms with van der Waals surface area (Å²) in [6.45, 7) is 10.2. The number of morpholine rings is 1. The first-order valence-electron chi connectivity index (χ1n) is 6.07. The van der Waals surface area contributed by atoms with Gasteiger partial charge in [-0.05, 0) is 26.8 Å². The van der Waals surface area contributed by atoms with Gasteiger partial charge in [0, 0.05) is 17.8 Å². The van der Waals surface area contributed by atoms with Crippen LogP contribution >= 0.6 is 0 Å². The Kier molecular flexibility index (Phi) is 3.61. The molecule has 0 radical (unpaired) electrons. The molecular weight excluding hydrogens is 202 g/mol. The van der Waals surface area contributed by atoms with Gasteiger partial charge in [0.25, 0.3) is 0 Å². The highest BCUT2D eigenvalue weighted by molar-refractivity contribution is 5.27. The minimum absolute atomic E-state index is 0.382. The first-order valence-corrected chi connectivity index (χ1v) is 6.07. The lowest BCUT2D eigenvalue weighted by molar-refractivity contribution is -0.00873. The van der Waals surface area contributed by atoms with Crippen molar-refractivity contribution in [2.45, 2.75) is 33.2 Å². The van der Waals surface area contributed by atoms with Crippen LogP contribution in [0, 0.1) is 13.8 Å². The van der Waals surface area contributed by atoms with E-state index < -0.39 is 0 Å². The van der Waals surface area contributed by atoms with Crippen LogP contribution in [0.3, 0.4) is 0 Å². The van der Waals surface area contributed by atoms with Crippen LogP contribution in [0.4, 0.5) is 0 Å². The van der Waals surface area contributed by atoms with Crippen molar-refractivity contribution in [1.29, 1.82) is 0 Å². The standard InChI is InChI=1S/C12H21N3O/c1-4-5-15-6-7-16-8-11(15)12-9(2)13-14-10(12)3/h11H,4-8H2,1-3H3,(H,13,14)/t11-/m0/s1. The van der Waals surface area contributed by atoms with Gasteiger partial charge >= 0.3 is 0 Å². The van der Waals surface area contributed by atoms with E-state index in [9.17, 15) is 0 Å². The van der Waals surface area contributed by atoms with E-state index in [-0.39, 0.29) is 0 Å². The number of aryl methyl sites for hydroxylation is 2. The highest BCUT2D eigenvalue weighted by Crippen LogP contribution is 2.28. The molecule has 1 fully saturated rings. The number of nitrogens with zero attached hydrogens (tertiary/aromatic N) is 2. The molecule has 1 N–H and O–H groups in total. The molecule has 2 heterocycles. The molecule has 0 aromatic carbocycles. The molecule has 0 bridgehead atoms. The molecule has 1 saturated heterocycles. The first kappa shape index (κ1) is 11.6. The van der Waals surface area contributed by atoms with Gasteiger partial charge in [0.1, 0.15) is 0 Å². The monoisotopic (exact) mass is 223 g/mol. The molecule has 0 amide bonds. The predicted octanol–water partition coefficient (Wildman–Crippen LogP) is 1.81. The minimum atomic E-state index is 0.382. The Morgan fingerprint density at radius 3 is 2.94 bits per heavy atom. The summed E-state index contributed by atoms with van der Waals surface area (Å²) in [6, 6.07) is 0.382. The maximum Gasteiger partial charge on any atom is 0.0665 e. The number of hydrogen-bond acceptors (Lipinski definition) is 3. The van der Waals surface area contributed by atoms with Crippen molar-refractivity contribution in [2.24, 2.45) is 0 Å². The zero-order chi connectivity index (χ0) is 11.5. The number of nitrogens with one attached hydrogen (secondary N) is 1. The van der Waals surface area contributed by atoms with Crippen molar-refractivity contribution >= 4 is 0 Å². The van der Waals surface area contributed by atoms with Crippen molar-refractivity contribution < 1.29 is 4.74 Å². The highest BCUT2D eigenvalue weighted by atomic mass is 16.5. The molecule has 1 atom stereocenters. The van der Waals surface area contributed by atoms with E-state index in [1.807, 2.05) is 0 Å². The Hall–Kier alpha value is -0.870. The summed E-state index contributed by atoms with van der Waals surface area (Å²) in [7, 11) is 0. The Morgan fingerprint density at radius 2 is 2.31 bits per heavy atom. The second kappa shape index (κ2) is 4.97. The van der Waals surface area contributed by atoms with Gasteiger partial charge in [0.2, 0.25) is 0 Å². The minimum Gasteiger partial charge on any atom is -0.378 e. The largest absolute Gasteiger partial charge is 0.378 e. The fourth-order valence-corrected chi connectivity index (χ4v) is 2.51. The van der Waals surface area contributed by atoms with Gasteiger partial charge in [0.15, 0.2) is 0 Å². The summed E-state index contributed by atoms with van der Waals surface area (Å²) in [4.78, 5) is 2.51. The number of hydrogen-bond donors (Lipinski definition) is 1. The van der Waals surface area contributed by atoms with Crippen molar-refractivity contribution in [3.05, 3.63) is 17.0 Å². The Bertz CT molecular complexity index is 327. The van der Waals surface area contributed by atoms with Crippen molar-refractivity contribution in [3.63, 3.8) is 0 Å². The van der Waals surface area contributed by atoms with E-state index in [1.54, 1.807) is 0 Å². The predicted molar refractivity (Wildman–Crippen MR) is 63.5 cm³/mol. The molecule has 0 unspecified atom stereocenters. The normalized spacial score (nSPS) is 22.6. The summed E-state index contributed by atoms with van der Waals surface area (Å²) in [6.07, 6.45) is 1.19. The van der Waals surface area contributed by atoms with Crippen LogP contribution in [0.5, 0.6) is 0 Å². The molecule has 1 aromatic heterocycles. The zero-order valence-electron chi connectivity index (χ0n) is 10.4. The molecule has 0 saturated carbocycles. The molecule has 1 aliphatic rings. The third-order valence-corrected chi connectivity index (χ3v) is 3.27. The van der Waals surface area contributed by atoms with E-state index in [4.69, 9.17) is 4.74 Å². The summed E-state index contributed by atoms with van der Waals surface area (Å²) in [5.74, 6) is 0. The summed E-state index contributed by atoms with van der Waals surface area (Å²) in [5.41, 5.74) is 3.61. The van der Waals surface area contributed by atoms with E-state index in [0.717, 1.165) is 32.0 Å². The lowest BCUT2D eigenvalue weighted by Gasteiger charge is -2.35. The fourth-order valence-electron chi connectivity index (χ4n) is 2.51. The number of ether oxygens (including phenoxy) is 1. The molecule has 16 heavy (non-hydrogen) atoms. The van der Waals surface area contributed by atoms with Gasteiger partial charge in [0.05, 0.1) is 24.9 Å². The zero-order valence-corrected chi connectivity index (χ0v) is 10.4. The van der Waals surface area contributed by atoms with Gasteiger partial charge in [-0.2, -0.15) is 5.10 Å². The first-order chi connectivity index (χ1) is 7.74. The second-order valence-electron chi connectivity index (χ2n) is 4.47. The van der Waals surface area contributed by atoms with Gasteiger partial charge in [-0.3, -0.25) is 10.00 Å². The summed E-state index contributed by atoms with van der Waals surface area (Å²) < 4.78 is 5.61. The van der Waals surface area contributed by atoms with Crippen molar-refractivity contribution in [3.8, 4) is 0 Å². The average molecular weight is 223 g/mol. The lowest BCUT2D eigenvalue weighted by Crippen LogP contribution is -2.40. The quantitative estimate of drug-likeness (QED) is 0.849. The van der Waals surface area contributed by atoms with Crippen LogP contribution in [-0.2, 0) is 4.74 Å². The molecule has 0 spiro atoms. The average Bonchev–Trinajstić information content (AvgIpc) is 2.60. The van der Waals surface area contributed by atoms with Gasteiger partial charge in [-0.15, -0.1) is 0 Å². The second-order valence-corrected chi connectivity index (χ2v) is 4.47. The van der Waals surface area contributed by atoms with Crippen LogP contribution in [-0.4, -0.2) is 41.4 Å². The number of H-pyrrole nitrogens is 1. The van der Waals surface area contributed by atoms with E-state index in [1.165, 1.54) is 17.7 Å². The Morgan fingerprint density at radius 1 is 1.50 bits per heavy atom. The van der Waals surface area contributed by atoms with E-state index in [2.05, 4.69) is 35.9 Å². The molecule has 4 nitrogen and oxygen atoms in total. The maximum atomic E-state index is 5.61. The van der Waals surface area contributed by atoms with Gasteiger partial charge in [-0.25, -0.2) is 0 Å². The van der Waals surface area contributed by atoms with E-state index in [0.29, 0.717) is 6.04 Å².